The van der Waals surface area contributed by atoms with Gasteiger partial charge in [-0.25, -0.2) is 0 Å². The number of carbonyl (C=O) groups excluding carboxylic acids is 4. The number of rotatable bonds is 4. The lowest BCUT2D eigenvalue weighted by molar-refractivity contribution is -0.300. The van der Waals surface area contributed by atoms with Gasteiger partial charge in [0.25, 0.3) is 0 Å². The minimum Gasteiger partial charge on any atom is -0.462 e. The van der Waals surface area contributed by atoms with E-state index in [9.17, 15) is 34.5 Å². The molecule has 1 spiro atoms. The molecule has 3 saturated heterocycles. The maximum absolute atomic E-state index is 13.6. The SMILES string of the molecule is CC(=O)O[C@H]1[C@H]2[C@@H](CN3C[C@H](C)CC[C@H]3[C@@]2(C)O)[C@@H]2C[C@]34O[C@]5(O)[C@@H](OC(C)=O)CC[C@]3(C)[C@@H]5C[C@@H](OC(C)=O)[C@H]4[C@]2(O)[C@H]1OC(C)=O. The molecule has 13 nitrogen and oxygen atoms in total. The van der Waals surface area contributed by atoms with Crippen LogP contribution in [0, 0.1) is 40.9 Å². The van der Waals surface area contributed by atoms with Crippen LogP contribution in [0.5, 0.6) is 0 Å². The third-order valence-corrected chi connectivity index (χ3v) is 13.9. The van der Waals surface area contributed by atoms with Gasteiger partial charge in [0.2, 0.25) is 5.79 Å². The monoisotopic (exact) mass is 677 g/mol. The third-order valence-electron chi connectivity index (χ3n) is 13.9. The van der Waals surface area contributed by atoms with Crippen molar-refractivity contribution in [3.63, 3.8) is 0 Å². The van der Waals surface area contributed by atoms with Gasteiger partial charge in [0.15, 0.2) is 12.2 Å². The molecule has 3 N–H and O–H groups in total. The number of carbonyl (C=O) groups is 4. The maximum atomic E-state index is 13.6. The number of esters is 4. The predicted molar refractivity (Wildman–Crippen MR) is 164 cm³/mol. The van der Waals surface area contributed by atoms with E-state index in [4.69, 9.17) is 23.7 Å². The van der Waals surface area contributed by atoms with Crippen LogP contribution >= 0.6 is 0 Å². The van der Waals surface area contributed by atoms with E-state index < -0.39 is 106 Å². The molecule has 3 heterocycles. The number of hydrogen-bond acceptors (Lipinski definition) is 13. The zero-order valence-electron chi connectivity index (χ0n) is 29.0. The first-order valence-electron chi connectivity index (χ1n) is 17.6. The predicted octanol–water partition coefficient (Wildman–Crippen LogP) is 1.47. The summed E-state index contributed by atoms with van der Waals surface area (Å²) < 4.78 is 30.7. The van der Waals surface area contributed by atoms with E-state index in [0.29, 0.717) is 25.3 Å². The van der Waals surface area contributed by atoms with Gasteiger partial charge >= 0.3 is 23.9 Å². The van der Waals surface area contributed by atoms with E-state index in [0.717, 1.165) is 19.4 Å². The fourth-order valence-electron chi connectivity index (χ4n) is 12.6. The molecule has 4 bridgehead atoms. The zero-order valence-corrected chi connectivity index (χ0v) is 29.0. The lowest BCUT2D eigenvalue weighted by Crippen LogP contribution is -2.77. The molecule has 3 aliphatic heterocycles. The summed E-state index contributed by atoms with van der Waals surface area (Å²) in [6, 6.07) is -0.248. The molecular formula is C35H51NO12. The second kappa shape index (κ2) is 10.8. The number of hydrogen-bond donors (Lipinski definition) is 3. The van der Waals surface area contributed by atoms with Crippen molar-refractivity contribution in [2.75, 3.05) is 13.1 Å². The number of ether oxygens (including phenoxy) is 5. The summed E-state index contributed by atoms with van der Waals surface area (Å²) in [6.45, 7) is 12.2. The van der Waals surface area contributed by atoms with Crippen LogP contribution in [0.15, 0.2) is 0 Å². The van der Waals surface area contributed by atoms with Gasteiger partial charge in [-0.15, -0.1) is 0 Å². The Morgan fingerprint density at radius 2 is 1.48 bits per heavy atom. The lowest BCUT2D eigenvalue weighted by atomic mass is 9.49. The molecule has 4 saturated carbocycles. The van der Waals surface area contributed by atoms with Crippen LogP contribution in [0.2, 0.25) is 0 Å². The summed E-state index contributed by atoms with van der Waals surface area (Å²) in [7, 11) is 0. The second-order valence-corrected chi connectivity index (χ2v) is 16.6. The van der Waals surface area contributed by atoms with Gasteiger partial charge in [0.1, 0.15) is 17.8 Å². The molecule has 16 atom stereocenters. The molecular weight excluding hydrogens is 626 g/mol. The van der Waals surface area contributed by atoms with E-state index in [-0.39, 0.29) is 18.9 Å². The lowest BCUT2D eigenvalue weighted by Gasteiger charge is -2.64. The van der Waals surface area contributed by atoms with Gasteiger partial charge < -0.3 is 39.0 Å². The molecule has 268 valence electrons. The van der Waals surface area contributed by atoms with E-state index in [1.807, 2.05) is 6.92 Å². The molecule has 4 aliphatic carbocycles. The first-order valence-corrected chi connectivity index (χ1v) is 17.6. The molecule has 48 heavy (non-hydrogen) atoms. The van der Waals surface area contributed by atoms with Crippen molar-refractivity contribution >= 4 is 23.9 Å². The van der Waals surface area contributed by atoms with Crippen molar-refractivity contribution in [3.8, 4) is 0 Å². The van der Waals surface area contributed by atoms with Crippen LogP contribution < -0.4 is 0 Å². The van der Waals surface area contributed by atoms with Crippen molar-refractivity contribution in [2.24, 2.45) is 40.9 Å². The van der Waals surface area contributed by atoms with Gasteiger partial charge in [-0.2, -0.15) is 0 Å². The molecule has 0 aromatic rings. The minimum atomic E-state index is -1.98. The van der Waals surface area contributed by atoms with Gasteiger partial charge in [-0.3, -0.25) is 24.1 Å². The van der Waals surface area contributed by atoms with Crippen LogP contribution in [-0.4, -0.2) is 110 Å². The number of fused-ring (bicyclic) bond motifs is 5. The number of aliphatic hydroxyl groups is 3. The molecule has 0 unspecified atom stereocenters. The Labute approximate surface area is 280 Å². The van der Waals surface area contributed by atoms with E-state index >= 15 is 0 Å². The topological polar surface area (TPSA) is 178 Å². The Hall–Kier alpha value is -2.32. The Kier molecular flexibility index (Phi) is 7.71. The van der Waals surface area contributed by atoms with Gasteiger partial charge in [0.05, 0.1) is 17.1 Å². The standard InChI is InChI=1S/C35H51NO12/c1-16-8-9-25-32(7,41)27-21(15-36(25)14-16)22-13-33-29(34(22,42)30(47-20(5)40)28(27)46-19(4)39)23(44-17(2)37)12-24-31(33,6)11-10-26(45-18(3)38)35(24,43)48-33/h16,21-30,41-43H,8-15H2,1-7H3/t16-,21+,22+,23-,24+,25+,26+,27-,28+,29-,30+,31-,32-,33-,34+,35+/m1/s1. The first kappa shape index (κ1) is 34.1. The van der Waals surface area contributed by atoms with Gasteiger partial charge in [-0.05, 0) is 63.2 Å². The van der Waals surface area contributed by atoms with E-state index in [1.165, 1.54) is 27.7 Å². The van der Waals surface area contributed by atoms with Crippen molar-refractivity contribution < 1.29 is 58.2 Å². The van der Waals surface area contributed by atoms with Crippen molar-refractivity contribution in [3.05, 3.63) is 0 Å². The Bertz CT molecular complexity index is 1400. The normalized spacial score (nSPS) is 53.3. The first-order chi connectivity index (χ1) is 22.3. The van der Waals surface area contributed by atoms with Crippen molar-refractivity contribution in [2.45, 2.75) is 140 Å². The Morgan fingerprint density at radius 3 is 2.10 bits per heavy atom. The summed E-state index contributed by atoms with van der Waals surface area (Å²) in [5.41, 5.74) is -5.48. The minimum absolute atomic E-state index is 0.0916. The average molecular weight is 678 g/mol. The Balaban J connectivity index is 1.45. The summed E-state index contributed by atoms with van der Waals surface area (Å²) in [5, 5.41) is 38.6. The highest BCUT2D eigenvalue weighted by molar-refractivity contribution is 5.68. The van der Waals surface area contributed by atoms with Gasteiger partial charge in [-0.1, -0.05) is 13.8 Å². The number of piperidine rings is 2. The molecule has 13 heteroatoms. The van der Waals surface area contributed by atoms with Crippen LogP contribution in [0.1, 0.15) is 87.0 Å². The van der Waals surface area contributed by atoms with Crippen LogP contribution in [0.4, 0.5) is 0 Å². The second-order valence-electron chi connectivity index (χ2n) is 16.6. The summed E-state index contributed by atoms with van der Waals surface area (Å²) in [5.74, 6) is -7.62. The average Bonchev–Trinajstić information content (AvgIpc) is 3.23. The summed E-state index contributed by atoms with van der Waals surface area (Å²) >= 11 is 0. The molecule has 7 fully saturated rings. The molecule has 0 aromatic heterocycles. The molecule has 0 aromatic carbocycles. The highest BCUT2D eigenvalue weighted by atomic mass is 16.7. The summed E-state index contributed by atoms with van der Waals surface area (Å²) in [4.78, 5) is 53.0. The van der Waals surface area contributed by atoms with E-state index in [1.54, 1.807) is 6.92 Å². The van der Waals surface area contributed by atoms with Crippen LogP contribution in [0.25, 0.3) is 0 Å². The fraction of sp³-hybridized carbons (Fsp3) is 0.886. The molecule has 0 amide bonds. The number of nitrogens with zero attached hydrogens (tertiary/aromatic N) is 1. The Morgan fingerprint density at radius 1 is 0.833 bits per heavy atom. The van der Waals surface area contributed by atoms with Crippen molar-refractivity contribution in [1.29, 1.82) is 0 Å². The molecule has 0 radical (unpaired) electrons. The highest BCUT2D eigenvalue weighted by Gasteiger charge is 2.88. The molecule has 7 rings (SSSR count). The van der Waals surface area contributed by atoms with E-state index in [2.05, 4.69) is 11.8 Å². The zero-order chi connectivity index (χ0) is 34.9. The fourth-order valence-corrected chi connectivity index (χ4v) is 12.6. The smallest absolute Gasteiger partial charge is 0.303 e. The summed E-state index contributed by atoms with van der Waals surface area (Å²) in [6.07, 6.45) is -1.94. The van der Waals surface area contributed by atoms with Crippen molar-refractivity contribution in [1.82, 2.24) is 4.90 Å². The highest BCUT2D eigenvalue weighted by Crippen LogP contribution is 2.77. The molecule has 7 aliphatic rings. The quantitative estimate of drug-likeness (QED) is 0.288. The van der Waals surface area contributed by atoms with Gasteiger partial charge in [0, 0.05) is 64.1 Å². The maximum Gasteiger partial charge on any atom is 0.303 e. The largest absolute Gasteiger partial charge is 0.462 e. The van der Waals surface area contributed by atoms with Crippen LogP contribution in [0.3, 0.4) is 0 Å². The third kappa shape index (κ3) is 4.39. The van der Waals surface area contributed by atoms with Crippen LogP contribution in [-0.2, 0) is 42.9 Å².